The maximum Gasteiger partial charge on any atom is 1.00 e. The van der Waals surface area contributed by atoms with Crippen LogP contribution in [0.25, 0.3) is 0 Å². The minimum atomic E-state index is -1.36. The summed E-state index contributed by atoms with van der Waals surface area (Å²) in [6.07, 6.45) is 14.7. The van der Waals surface area contributed by atoms with Crippen LogP contribution in [0.4, 0.5) is 0 Å². The average Bonchev–Trinajstić information content (AvgIpc) is 3.02. The number of methoxy groups -OCH3 is 1. The maximum atomic E-state index is 11.3. The number of quaternary nitrogens is 1. The van der Waals surface area contributed by atoms with Crippen LogP contribution in [0.2, 0.25) is 0 Å². The molecule has 2 atom stereocenters. The molecule has 0 spiro atoms. The molecule has 0 N–H and O–H groups in total. The Morgan fingerprint density at radius 1 is 1.03 bits per heavy atom. The topological polar surface area (TPSA) is 102 Å². The van der Waals surface area contributed by atoms with Gasteiger partial charge in [-0.2, -0.15) is 0 Å². The molecule has 29 heavy (non-hydrogen) atoms. The number of ether oxygens (including phenoxy) is 1. The van der Waals surface area contributed by atoms with Crippen LogP contribution in [-0.4, -0.2) is 48.6 Å². The normalized spacial score (nSPS) is 18.9. The fraction of sp³-hybridized carbons (Fsp3) is 0.762. The molecule has 0 saturated heterocycles. The van der Waals surface area contributed by atoms with Gasteiger partial charge in [0.25, 0.3) is 0 Å². The van der Waals surface area contributed by atoms with Crippen LogP contribution in [0.3, 0.4) is 0 Å². The van der Waals surface area contributed by atoms with Gasteiger partial charge >= 0.3 is 29.6 Å². The summed E-state index contributed by atoms with van der Waals surface area (Å²) in [6.45, 7) is 1.79. The quantitative estimate of drug-likeness (QED) is 0.163. The largest absolute Gasteiger partial charge is 1.00 e. The van der Waals surface area contributed by atoms with E-state index >= 15 is 0 Å². The number of carboxylic acid groups (broad SMARTS) is 2. The van der Waals surface area contributed by atoms with Gasteiger partial charge < -0.3 is 24.5 Å². The molecule has 7 nitrogen and oxygen atoms in total. The van der Waals surface area contributed by atoms with Crippen LogP contribution in [-0.2, 0) is 14.3 Å². The van der Waals surface area contributed by atoms with Crippen molar-refractivity contribution in [2.45, 2.75) is 83.7 Å². The average molecular weight is 419 g/mol. The van der Waals surface area contributed by atoms with E-state index in [2.05, 4.69) is 11.9 Å². The summed E-state index contributed by atoms with van der Waals surface area (Å²) in [7, 11) is 1.27. The van der Waals surface area contributed by atoms with Gasteiger partial charge in [-0.3, -0.25) is 0 Å². The summed E-state index contributed by atoms with van der Waals surface area (Å²) < 4.78 is 4.78. The third-order valence-electron chi connectivity index (χ3n) is 5.29. The molecule has 1 heterocycles. The van der Waals surface area contributed by atoms with Crippen molar-refractivity contribution in [3.8, 4) is 0 Å². The Balaban J connectivity index is 0.00000784. The van der Waals surface area contributed by atoms with E-state index in [-0.39, 0.29) is 47.1 Å². The van der Waals surface area contributed by atoms with E-state index in [4.69, 9.17) is 4.74 Å². The van der Waals surface area contributed by atoms with Crippen LogP contribution in [0.15, 0.2) is 17.4 Å². The molecule has 8 heteroatoms. The second kappa shape index (κ2) is 16.0. The number of carboxylic acids is 2. The molecule has 1 aliphatic rings. The zero-order valence-corrected chi connectivity index (χ0v) is 20.4. The predicted molar refractivity (Wildman–Crippen MR) is 104 cm³/mol. The summed E-state index contributed by atoms with van der Waals surface area (Å²) in [4.78, 5) is 26.8. The van der Waals surface area contributed by atoms with Crippen LogP contribution in [0, 0.1) is 0 Å². The van der Waals surface area contributed by atoms with Gasteiger partial charge in [-0.05, 0) is 6.42 Å². The molecule has 0 aromatic rings. The van der Waals surface area contributed by atoms with Crippen molar-refractivity contribution in [3.63, 3.8) is 0 Å². The first-order valence-corrected chi connectivity index (χ1v) is 10.5. The Kier molecular flexibility index (Phi) is 15.6. The predicted octanol–water partition coefficient (Wildman–Crippen LogP) is -1.48. The van der Waals surface area contributed by atoms with Gasteiger partial charge in [-0.25, -0.2) is 9.48 Å². The number of carbonyl (C=O) groups excluding carboxylic acids is 2. The van der Waals surface area contributed by atoms with Crippen molar-refractivity contribution in [1.82, 2.24) is 0 Å². The number of amidine groups is 1. The van der Waals surface area contributed by atoms with Crippen molar-refractivity contribution in [1.29, 1.82) is 0 Å². The maximum absolute atomic E-state index is 11.3. The van der Waals surface area contributed by atoms with Crippen LogP contribution >= 0.6 is 0 Å². The van der Waals surface area contributed by atoms with Crippen LogP contribution < -0.4 is 39.8 Å². The Bertz CT molecular complexity index is 553. The van der Waals surface area contributed by atoms with E-state index in [0.717, 1.165) is 19.3 Å². The van der Waals surface area contributed by atoms with Crippen molar-refractivity contribution in [3.05, 3.63) is 12.4 Å². The van der Waals surface area contributed by atoms with Crippen molar-refractivity contribution in [2.75, 3.05) is 20.2 Å². The molecule has 0 aliphatic carbocycles. The fourth-order valence-corrected chi connectivity index (χ4v) is 3.65. The fourth-order valence-electron chi connectivity index (χ4n) is 3.65. The molecule has 0 radical (unpaired) electrons. The Morgan fingerprint density at radius 2 is 1.59 bits per heavy atom. The second-order valence-corrected chi connectivity index (χ2v) is 7.57. The first kappa shape index (κ1) is 28.3. The van der Waals surface area contributed by atoms with Gasteiger partial charge in [0.05, 0.1) is 18.1 Å². The molecule has 0 amide bonds. The number of rotatable bonds is 17. The minimum absolute atomic E-state index is 0. The zero-order chi connectivity index (χ0) is 20.8. The summed E-state index contributed by atoms with van der Waals surface area (Å²) >= 11 is 0. The van der Waals surface area contributed by atoms with Crippen LogP contribution in [0.5, 0.6) is 0 Å². The zero-order valence-electron chi connectivity index (χ0n) is 18.4. The summed E-state index contributed by atoms with van der Waals surface area (Å²) in [5, 5.41) is 22.5. The van der Waals surface area contributed by atoms with Gasteiger partial charge in [0.15, 0.2) is 0 Å². The van der Waals surface area contributed by atoms with Gasteiger partial charge in [0.2, 0.25) is 5.84 Å². The third kappa shape index (κ3) is 10.7. The van der Waals surface area contributed by atoms with Gasteiger partial charge in [-0.1, -0.05) is 64.7 Å². The molecule has 0 aromatic heterocycles. The summed E-state index contributed by atoms with van der Waals surface area (Å²) in [5.74, 6) is -1.97. The first-order chi connectivity index (χ1) is 13.4. The number of aliphatic imine (C=N–C) groups is 1. The van der Waals surface area contributed by atoms with Crippen molar-refractivity contribution < 1.29 is 58.6 Å². The molecule has 0 saturated carbocycles. The summed E-state index contributed by atoms with van der Waals surface area (Å²) in [6, 6.07) is 0. The molecule has 2 unspecified atom stereocenters. The SMILES string of the molecule is CCCCCCCCCCCCC1=NC=C[N+]1(CC(=O)[O-])CC(OC)C(=O)[O-].[Na+]. The number of hydrogen-bond donors (Lipinski definition) is 0. The summed E-state index contributed by atoms with van der Waals surface area (Å²) in [5.41, 5.74) is 0. The molecule has 0 aromatic carbocycles. The van der Waals surface area contributed by atoms with E-state index in [9.17, 15) is 19.8 Å². The van der Waals surface area contributed by atoms with E-state index in [1.165, 1.54) is 58.3 Å². The number of nitrogens with zero attached hydrogens (tertiary/aromatic N) is 2. The molecule has 0 fully saturated rings. The Labute approximate surface area is 197 Å². The Morgan fingerprint density at radius 3 is 2.07 bits per heavy atom. The second-order valence-electron chi connectivity index (χ2n) is 7.57. The molecule has 1 rings (SSSR count). The van der Waals surface area contributed by atoms with E-state index in [1.807, 2.05) is 0 Å². The monoisotopic (exact) mass is 418 g/mol. The number of carbonyl (C=O) groups is 2. The smallest absolute Gasteiger partial charge is 0.547 e. The number of unbranched alkanes of at least 4 members (excludes halogenated alkanes) is 9. The Hall–Kier alpha value is -0.730. The molecule has 0 bridgehead atoms. The van der Waals surface area contributed by atoms with Gasteiger partial charge in [0, 0.05) is 13.5 Å². The van der Waals surface area contributed by atoms with E-state index in [0.29, 0.717) is 12.3 Å². The molecular formula is C21H35N2NaO5. The third-order valence-corrected chi connectivity index (χ3v) is 5.29. The van der Waals surface area contributed by atoms with Crippen molar-refractivity contribution in [2.24, 2.45) is 4.99 Å². The van der Waals surface area contributed by atoms with E-state index in [1.54, 1.807) is 6.20 Å². The van der Waals surface area contributed by atoms with Crippen molar-refractivity contribution >= 4 is 17.8 Å². The molecular weight excluding hydrogens is 383 g/mol. The van der Waals surface area contributed by atoms with Gasteiger partial charge in [-0.15, -0.1) is 0 Å². The van der Waals surface area contributed by atoms with Gasteiger partial charge in [0.1, 0.15) is 25.4 Å². The minimum Gasteiger partial charge on any atom is -0.547 e. The standard InChI is InChI=1S/C21H36N2O5.Na/c1-3-4-5-6-7-8-9-10-11-12-13-19-22-14-15-23(19,17-20(24)25)16-18(28-2)21(26)27;/h14-15,18H,3-13,16-17H2,1-2H3,(H-,24,25,26,27);/q;+1/p-1. The number of hydrogen-bond acceptors (Lipinski definition) is 6. The first-order valence-electron chi connectivity index (χ1n) is 10.5. The molecule has 160 valence electrons. The van der Waals surface area contributed by atoms with Crippen LogP contribution in [0.1, 0.15) is 77.6 Å². The van der Waals surface area contributed by atoms with E-state index < -0.39 is 18.0 Å². The molecule has 1 aliphatic heterocycles. The number of aliphatic carboxylic acids is 2.